The van der Waals surface area contributed by atoms with Crippen molar-refractivity contribution in [3.8, 4) is 0 Å². The Bertz CT molecular complexity index is 383. The molecule has 1 heterocycles. The van der Waals surface area contributed by atoms with Gasteiger partial charge in [0.1, 0.15) is 6.04 Å². The van der Waals surface area contributed by atoms with E-state index in [1.807, 2.05) is 24.3 Å². The monoisotopic (exact) mass is 224 g/mol. The molecule has 4 N–H and O–H groups in total. The zero-order valence-electron chi connectivity index (χ0n) is 8.01. The maximum Gasteiger partial charge on any atom is 0.321 e. The van der Waals surface area contributed by atoms with Crippen molar-refractivity contribution in [3.63, 3.8) is 0 Å². The second-order valence-electron chi connectivity index (χ2n) is 3.44. The second kappa shape index (κ2) is 4.12. The topological polar surface area (TPSA) is 75.3 Å². The standard InChI is InChI=1S/C10H12N2O2S/c11-7-3-1-2-6(4-7)9-12-8(5-15-9)10(13)14/h1-4,8-9,12H,5,11H2,(H,13,14). The van der Waals surface area contributed by atoms with E-state index in [-0.39, 0.29) is 5.37 Å². The third-order valence-electron chi connectivity index (χ3n) is 2.29. The number of carbonyl (C=O) groups is 1. The average molecular weight is 224 g/mol. The van der Waals surface area contributed by atoms with Crippen LogP contribution in [0.1, 0.15) is 10.9 Å². The molecule has 5 heteroatoms. The molecule has 1 aromatic rings. The lowest BCUT2D eigenvalue weighted by Crippen LogP contribution is -2.33. The smallest absolute Gasteiger partial charge is 0.321 e. The van der Waals surface area contributed by atoms with E-state index in [4.69, 9.17) is 10.8 Å². The number of hydrogen-bond donors (Lipinski definition) is 3. The summed E-state index contributed by atoms with van der Waals surface area (Å²) in [5.74, 6) is -0.205. The second-order valence-corrected chi connectivity index (χ2v) is 4.58. The van der Waals surface area contributed by atoms with Crippen molar-refractivity contribution in [2.45, 2.75) is 11.4 Å². The predicted octanol–water partition coefficient (Wildman–Crippen LogP) is 1.06. The molecule has 4 nitrogen and oxygen atoms in total. The molecule has 0 saturated carbocycles. The fourth-order valence-corrected chi connectivity index (χ4v) is 2.75. The largest absolute Gasteiger partial charge is 0.480 e. The van der Waals surface area contributed by atoms with Crippen LogP contribution in [0.15, 0.2) is 24.3 Å². The molecule has 1 aromatic carbocycles. The molecule has 0 radical (unpaired) electrons. The van der Waals surface area contributed by atoms with E-state index in [0.29, 0.717) is 11.4 Å². The summed E-state index contributed by atoms with van der Waals surface area (Å²) >= 11 is 1.59. The molecule has 0 bridgehead atoms. The zero-order valence-corrected chi connectivity index (χ0v) is 8.83. The van der Waals surface area contributed by atoms with E-state index < -0.39 is 12.0 Å². The molecule has 1 saturated heterocycles. The lowest BCUT2D eigenvalue weighted by molar-refractivity contribution is -0.138. The fraction of sp³-hybridized carbons (Fsp3) is 0.300. The first-order valence-electron chi connectivity index (χ1n) is 4.63. The Morgan fingerprint density at radius 1 is 1.60 bits per heavy atom. The van der Waals surface area contributed by atoms with E-state index in [1.54, 1.807) is 11.8 Å². The Morgan fingerprint density at radius 3 is 3.00 bits per heavy atom. The predicted molar refractivity (Wildman–Crippen MR) is 60.6 cm³/mol. The van der Waals surface area contributed by atoms with Crippen LogP contribution in [-0.2, 0) is 4.79 Å². The van der Waals surface area contributed by atoms with Gasteiger partial charge in [-0.3, -0.25) is 10.1 Å². The highest BCUT2D eigenvalue weighted by Crippen LogP contribution is 2.33. The highest BCUT2D eigenvalue weighted by molar-refractivity contribution is 7.99. The quantitative estimate of drug-likeness (QED) is 0.655. The van der Waals surface area contributed by atoms with Crippen LogP contribution in [0.5, 0.6) is 0 Å². The molecule has 80 valence electrons. The molecule has 0 amide bonds. The molecule has 0 aromatic heterocycles. The van der Waals surface area contributed by atoms with Crippen molar-refractivity contribution in [3.05, 3.63) is 29.8 Å². The van der Waals surface area contributed by atoms with E-state index in [0.717, 1.165) is 5.56 Å². The minimum absolute atomic E-state index is 0.0367. The highest BCUT2D eigenvalue weighted by atomic mass is 32.2. The SMILES string of the molecule is Nc1cccc(C2NC(C(=O)O)CS2)c1. The van der Waals surface area contributed by atoms with Gasteiger partial charge in [-0.25, -0.2) is 0 Å². The number of benzene rings is 1. The Balaban J connectivity index is 2.11. The van der Waals surface area contributed by atoms with Gasteiger partial charge in [0.15, 0.2) is 0 Å². The van der Waals surface area contributed by atoms with Crippen LogP contribution in [0.3, 0.4) is 0 Å². The summed E-state index contributed by atoms with van der Waals surface area (Å²) in [7, 11) is 0. The molecule has 2 rings (SSSR count). The van der Waals surface area contributed by atoms with Gasteiger partial charge in [0.25, 0.3) is 0 Å². The van der Waals surface area contributed by atoms with Crippen LogP contribution in [-0.4, -0.2) is 22.9 Å². The van der Waals surface area contributed by atoms with Crippen LogP contribution < -0.4 is 11.1 Å². The molecule has 2 unspecified atom stereocenters. The normalized spacial score (nSPS) is 25.3. The number of anilines is 1. The molecule has 1 aliphatic rings. The van der Waals surface area contributed by atoms with Gasteiger partial charge in [0, 0.05) is 11.4 Å². The summed E-state index contributed by atoms with van der Waals surface area (Å²) in [5.41, 5.74) is 7.40. The highest BCUT2D eigenvalue weighted by Gasteiger charge is 2.30. The summed E-state index contributed by atoms with van der Waals surface area (Å²) in [6.45, 7) is 0. The summed E-state index contributed by atoms with van der Waals surface area (Å²) in [5, 5.41) is 11.9. The fourth-order valence-electron chi connectivity index (χ4n) is 1.53. The summed E-state index contributed by atoms with van der Waals surface area (Å²) in [6, 6.07) is 7.06. The van der Waals surface area contributed by atoms with Crippen LogP contribution in [0.25, 0.3) is 0 Å². The lowest BCUT2D eigenvalue weighted by atomic mass is 10.2. The van der Waals surface area contributed by atoms with E-state index in [9.17, 15) is 4.79 Å². The first kappa shape index (κ1) is 10.3. The zero-order chi connectivity index (χ0) is 10.8. The number of aliphatic carboxylic acids is 1. The molecule has 1 fully saturated rings. The van der Waals surface area contributed by atoms with Crippen LogP contribution in [0.2, 0.25) is 0 Å². The third kappa shape index (κ3) is 2.24. The van der Waals surface area contributed by atoms with Gasteiger partial charge >= 0.3 is 5.97 Å². The van der Waals surface area contributed by atoms with Crippen LogP contribution >= 0.6 is 11.8 Å². The van der Waals surface area contributed by atoms with Gasteiger partial charge in [-0.1, -0.05) is 12.1 Å². The first-order chi connectivity index (χ1) is 7.16. The molecule has 1 aliphatic heterocycles. The number of thioether (sulfide) groups is 1. The van der Waals surface area contributed by atoms with Crippen molar-refractivity contribution < 1.29 is 9.90 Å². The van der Waals surface area contributed by atoms with Gasteiger partial charge in [0.05, 0.1) is 5.37 Å². The molecule has 0 aliphatic carbocycles. The van der Waals surface area contributed by atoms with Crippen molar-refractivity contribution in [2.75, 3.05) is 11.5 Å². The molecular formula is C10H12N2O2S. The number of nitrogen functional groups attached to an aromatic ring is 1. The van der Waals surface area contributed by atoms with Crippen molar-refractivity contribution in [1.82, 2.24) is 5.32 Å². The summed E-state index contributed by atoms with van der Waals surface area (Å²) in [4.78, 5) is 10.7. The summed E-state index contributed by atoms with van der Waals surface area (Å²) in [6.07, 6.45) is 0. The van der Waals surface area contributed by atoms with Crippen molar-refractivity contribution >= 4 is 23.4 Å². The lowest BCUT2D eigenvalue weighted by Gasteiger charge is -2.11. The molecule has 2 atom stereocenters. The number of hydrogen-bond acceptors (Lipinski definition) is 4. The third-order valence-corrected chi connectivity index (χ3v) is 3.56. The number of carboxylic acid groups (broad SMARTS) is 1. The van der Waals surface area contributed by atoms with Gasteiger partial charge in [0.2, 0.25) is 0 Å². The number of rotatable bonds is 2. The average Bonchev–Trinajstić information content (AvgIpc) is 2.66. The first-order valence-corrected chi connectivity index (χ1v) is 5.67. The Morgan fingerprint density at radius 2 is 2.40 bits per heavy atom. The van der Waals surface area contributed by atoms with Gasteiger partial charge in [-0.05, 0) is 17.7 Å². The van der Waals surface area contributed by atoms with Crippen LogP contribution in [0, 0.1) is 0 Å². The number of nitrogens with two attached hydrogens (primary N) is 1. The van der Waals surface area contributed by atoms with Gasteiger partial charge in [-0.15, -0.1) is 11.8 Å². The van der Waals surface area contributed by atoms with E-state index in [1.165, 1.54) is 0 Å². The van der Waals surface area contributed by atoms with Gasteiger partial charge in [-0.2, -0.15) is 0 Å². The molecule has 0 spiro atoms. The van der Waals surface area contributed by atoms with Gasteiger partial charge < -0.3 is 10.8 Å². The van der Waals surface area contributed by atoms with E-state index >= 15 is 0 Å². The Kier molecular flexibility index (Phi) is 2.83. The van der Waals surface area contributed by atoms with E-state index in [2.05, 4.69) is 5.32 Å². The molecule has 15 heavy (non-hydrogen) atoms. The number of nitrogens with one attached hydrogen (secondary N) is 1. The molecular weight excluding hydrogens is 212 g/mol. The number of carboxylic acids is 1. The van der Waals surface area contributed by atoms with Crippen molar-refractivity contribution in [2.24, 2.45) is 0 Å². The Hall–Kier alpha value is -1.20. The maximum absolute atomic E-state index is 10.7. The van der Waals surface area contributed by atoms with Crippen LogP contribution in [0.4, 0.5) is 5.69 Å². The summed E-state index contributed by atoms with van der Waals surface area (Å²) < 4.78 is 0. The maximum atomic E-state index is 10.7. The minimum Gasteiger partial charge on any atom is -0.480 e. The minimum atomic E-state index is -0.797. The van der Waals surface area contributed by atoms with Crippen molar-refractivity contribution in [1.29, 1.82) is 0 Å². The Labute approximate surface area is 91.9 Å².